The van der Waals surface area contributed by atoms with Crippen molar-refractivity contribution in [2.24, 2.45) is 5.92 Å². The third-order valence-electron chi connectivity index (χ3n) is 3.32. The molecule has 1 aromatic heterocycles. The van der Waals surface area contributed by atoms with Crippen molar-refractivity contribution in [3.05, 3.63) is 18.2 Å². The van der Waals surface area contributed by atoms with Gasteiger partial charge in [0.2, 0.25) is 0 Å². The Balaban J connectivity index is 1.77. The fraction of sp³-hybridized carbons (Fsp3) is 0.462. The zero-order chi connectivity index (χ0) is 13.2. The normalized spacial score (nSPS) is 18.7. The Hall–Kier alpha value is -0.980. The fourth-order valence-electron chi connectivity index (χ4n) is 2.22. The Bertz CT molecular complexity index is 606. The highest BCUT2D eigenvalue weighted by Crippen LogP contribution is 2.28. The second-order valence-electron chi connectivity index (χ2n) is 4.77. The van der Waals surface area contributed by atoms with Crippen molar-refractivity contribution in [1.82, 2.24) is 4.98 Å². The van der Waals surface area contributed by atoms with Crippen LogP contribution >= 0.6 is 11.3 Å². The predicted molar refractivity (Wildman–Crippen MR) is 78.9 cm³/mol. The molecule has 1 aromatic carbocycles. The summed E-state index contributed by atoms with van der Waals surface area (Å²) in [5.41, 5.74) is 7.35. The lowest BCUT2D eigenvalue weighted by atomic mass is 10.0. The van der Waals surface area contributed by atoms with Gasteiger partial charge in [-0.2, -0.15) is 0 Å². The summed E-state index contributed by atoms with van der Waals surface area (Å²) in [6, 6.07) is 5.60. The minimum Gasteiger partial charge on any atom is -0.399 e. The molecule has 1 aliphatic heterocycles. The number of benzene rings is 1. The highest BCUT2D eigenvalue weighted by Gasteiger charge is 2.19. The fourth-order valence-corrected chi connectivity index (χ4v) is 4.91. The SMILES string of the molecule is Nc1ccc2nc(S(=O)CC3CCOCC3)sc2c1. The van der Waals surface area contributed by atoms with E-state index < -0.39 is 10.8 Å². The van der Waals surface area contributed by atoms with Crippen molar-refractivity contribution in [1.29, 1.82) is 0 Å². The highest BCUT2D eigenvalue weighted by atomic mass is 32.2. The number of rotatable bonds is 3. The van der Waals surface area contributed by atoms with Crippen LogP contribution in [0.15, 0.2) is 22.5 Å². The molecule has 1 saturated heterocycles. The zero-order valence-electron chi connectivity index (χ0n) is 10.5. The molecule has 1 atom stereocenters. The summed E-state index contributed by atoms with van der Waals surface area (Å²) in [5, 5.41) is 0. The van der Waals surface area contributed by atoms with Gasteiger partial charge in [-0.05, 0) is 37.0 Å². The minimum absolute atomic E-state index is 0.492. The predicted octanol–water partition coefficient (Wildman–Crippen LogP) is 2.41. The van der Waals surface area contributed by atoms with E-state index in [2.05, 4.69) is 4.98 Å². The summed E-state index contributed by atoms with van der Waals surface area (Å²) >= 11 is 1.49. The smallest absolute Gasteiger partial charge is 0.181 e. The summed E-state index contributed by atoms with van der Waals surface area (Å²) in [4.78, 5) is 4.45. The first-order valence-corrected chi connectivity index (χ1v) is 8.48. The third kappa shape index (κ3) is 2.96. The molecule has 0 aliphatic carbocycles. The number of thiazole rings is 1. The second kappa shape index (κ2) is 5.56. The molecule has 2 N–H and O–H groups in total. The molecule has 1 aliphatic rings. The Labute approximate surface area is 118 Å². The molecule has 2 aromatic rings. The van der Waals surface area contributed by atoms with Crippen molar-refractivity contribution in [3.8, 4) is 0 Å². The van der Waals surface area contributed by atoms with Crippen LogP contribution in [-0.2, 0) is 15.5 Å². The lowest BCUT2D eigenvalue weighted by Crippen LogP contribution is -2.20. The molecule has 1 unspecified atom stereocenters. The van der Waals surface area contributed by atoms with Gasteiger partial charge in [0.1, 0.15) is 0 Å². The molecular weight excluding hydrogens is 280 g/mol. The van der Waals surface area contributed by atoms with Crippen LogP contribution < -0.4 is 5.73 Å². The van der Waals surface area contributed by atoms with Gasteiger partial charge in [0, 0.05) is 24.7 Å². The molecule has 102 valence electrons. The first kappa shape index (κ1) is 13.0. The van der Waals surface area contributed by atoms with Crippen molar-refractivity contribution in [3.63, 3.8) is 0 Å². The van der Waals surface area contributed by atoms with E-state index >= 15 is 0 Å². The van der Waals surface area contributed by atoms with Gasteiger partial charge in [0.25, 0.3) is 0 Å². The Morgan fingerprint density at radius 3 is 3.00 bits per heavy atom. The molecule has 0 bridgehead atoms. The van der Waals surface area contributed by atoms with Crippen LogP contribution in [0.5, 0.6) is 0 Å². The third-order valence-corrected chi connectivity index (χ3v) is 6.19. The number of aromatic nitrogens is 1. The summed E-state index contributed by atoms with van der Waals surface area (Å²) in [6.07, 6.45) is 2.01. The summed E-state index contributed by atoms with van der Waals surface area (Å²) < 4.78 is 19.4. The van der Waals surface area contributed by atoms with Gasteiger partial charge < -0.3 is 10.5 Å². The van der Waals surface area contributed by atoms with E-state index in [1.807, 2.05) is 18.2 Å². The van der Waals surface area contributed by atoms with E-state index in [1.54, 1.807) is 0 Å². The van der Waals surface area contributed by atoms with Crippen LogP contribution in [0, 0.1) is 5.92 Å². The molecule has 3 rings (SSSR count). The van der Waals surface area contributed by atoms with Crippen LogP contribution in [-0.4, -0.2) is 28.2 Å². The van der Waals surface area contributed by atoms with Gasteiger partial charge in [0.05, 0.1) is 21.0 Å². The van der Waals surface area contributed by atoms with Gasteiger partial charge in [0.15, 0.2) is 4.34 Å². The monoisotopic (exact) mass is 296 g/mol. The lowest BCUT2D eigenvalue weighted by molar-refractivity contribution is 0.0725. The van der Waals surface area contributed by atoms with Crippen LogP contribution in [0.1, 0.15) is 12.8 Å². The van der Waals surface area contributed by atoms with Crippen molar-refractivity contribution >= 4 is 38.0 Å². The standard InChI is InChI=1S/C13H16N2O2S2/c14-10-1-2-11-12(7-10)18-13(15-11)19(16)8-9-3-5-17-6-4-9/h1-2,7,9H,3-6,8,14H2. The molecule has 0 spiro atoms. The molecule has 19 heavy (non-hydrogen) atoms. The minimum atomic E-state index is -1.01. The molecular formula is C13H16N2O2S2. The second-order valence-corrected chi connectivity index (χ2v) is 7.48. The number of nitrogens with zero attached hydrogens (tertiary/aromatic N) is 1. The van der Waals surface area contributed by atoms with E-state index in [1.165, 1.54) is 11.3 Å². The van der Waals surface area contributed by atoms with Gasteiger partial charge in [-0.25, -0.2) is 4.98 Å². The number of nitrogen functional groups attached to an aromatic ring is 1. The van der Waals surface area contributed by atoms with Crippen molar-refractivity contribution in [2.45, 2.75) is 17.2 Å². The average molecular weight is 296 g/mol. The van der Waals surface area contributed by atoms with Crippen LogP contribution in [0.3, 0.4) is 0 Å². The quantitative estimate of drug-likeness (QED) is 0.883. The Morgan fingerprint density at radius 2 is 2.21 bits per heavy atom. The number of ether oxygens (including phenoxy) is 1. The number of hydrogen-bond acceptors (Lipinski definition) is 5. The van der Waals surface area contributed by atoms with E-state index in [0.717, 1.165) is 42.0 Å². The topological polar surface area (TPSA) is 65.2 Å². The molecule has 6 heteroatoms. The summed E-state index contributed by atoms with van der Waals surface area (Å²) in [5.74, 6) is 1.19. The molecule has 2 heterocycles. The van der Waals surface area contributed by atoms with Crippen molar-refractivity contribution < 1.29 is 8.95 Å². The Kier molecular flexibility index (Phi) is 3.81. The maximum absolute atomic E-state index is 12.4. The van der Waals surface area contributed by atoms with Gasteiger partial charge in [-0.1, -0.05) is 0 Å². The maximum atomic E-state index is 12.4. The molecule has 0 saturated carbocycles. The average Bonchev–Trinajstić information content (AvgIpc) is 2.83. The largest absolute Gasteiger partial charge is 0.399 e. The van der Waals surface area contributed by atoms with Crippen LogP contribution in [0.4, 0.5) is 5.69 Å². The summed E-state index contributed by atoms with van der Waals surface area (Å²) in [7, 11) is -1.01. The molecule has 4 nitrogen and oxygen atoms in total. The first-order valence-electron chi connectivity index (χ1n) is 6.34. The Morgan fingerprint density at radius 1 is 1.42 bits per heavy atom. The zero-order valence-corrected chi connectivity index (χ0v) is 12.1. The van der Waals surface area contributed by atoms with E-state index in [0.29, 0.717) is 16.0 Å². The van der Waals surface area contributed by atoms with E-state index in [-0.39, 0.29) is 0 Å². The van der Waals surface area contributed by atoms with Crippen molar-refractivity contribution in [2.75, 3.05) is 24.7 Å². The van der Waals surface area contributed by atoms with Crippen LogP contribution in [0.2, 0.25) is 0 Å². The lowest BCUT2D eigenvalue weighted by Gasteiger charge is -2.20. The maximum Gasteiger partial charge on any atom is 0.181 e. The summed E-state index contributed by atoms with van der Waals surface area (Å²) in [6.45, 7) is 1.58. The number of hydrogen-bond donors (Lipinski definition) is 1. The van der Waals surface area contributed by atoms with Gasteiger partial charge >= 0.3 is 0 Å². The van der Waals surface area contributed by atoms with Crippen LogP contribution in [0.25, 0.3) is 10.2 Å². The van der Waals surface area contributed by atoms with E-state index in [4.69, 9.17) is 10.5 Å². The molecule has 0 radical (unpaired) electrons. The molecule has 1 fully saturated rings. The van der Waals surface area contributed by atoms with E-state index in [9.17, 15) is 4.21 Å². The number of fused-ring (bicyclic) bond motifs is 1. The highest BCUT2D eigenvalue weighted by molar-refractivity contribution is 7.87. The van der Waals surface area contributed by atoms with Gasteiger partial charge in [-0.15, -0.1) is 11.3 Å². The first-order chi connectivity index (χ1) is 9.22. The number of nitrogens with two attached hydrogens (primary N) is 1. The molecule has 0 amide bonds. The number of anilines is 1. The van der Waals surface area contributed by atoms with Gasteiger partial charge in [-0.3, -0.25) is 4.21 Å².